The lowest BCUT2D eigenvalue weighted by Gasteiger charge is -2.29. The minimum atomic E-state index is -2.32. The summed E-state index contributed by atoms with van der Waals surface area (Å²) in [5.74, 6) is 0. The number of unbranched alkanes of at least 4 members (excludes halogenated alkanes) is 1. The zero-order chi connectivity index (χ0) is 26.4. The van der Waals surface area contributed by atoms with E-state index in [0.29, 0.717) is 25.2 Å². The molecule has 0 heterocycles. The van der Waals surface area contributed by atoms with Crippen LogP contribution in [-0.4, -0.2) is 85.0 Å². The number of rotatable bonds is 19. The van der Waals surface area contributed by atoms with Gasteiger partial charge >= 0.3 is 0 Å². The van der Waals surface area contributed by atoms with Gasteiger partial charge in [-0.1, -0.05) is 0 Å². The van der Waals surface area contributed by atoms with Gasteiger partial charge in [0, 0.05) is 12.3 Å². The van der Waals surface area contributed by atoms with E-state index < -0.39 is 45.9 Å². The second kappa shape index (κ2) is 17.6. The van der Waals surface area contributed by atoms with Crippen molar-refractivity contribution in [2.24, 2.45) is 0 Å². The van der Waals surface area contributed by atoms with Crippen LogP contribution in [0.5, 0.6) is 0 Å². The largest absolute Gasteiger partial charge is 0.391 e. The standard InChI is InChI=1S/C22H48O10P2/c1-17(23)13-27-18(2)14-29-33(25)11-9-10-12-34(26)30-16-20(32-22(6,7)8)28-15-19(24)31-21(3,4)5/h17-20,23-24,33-34H,9-16H2,1-8H3. The quantitative estimate of drug-likeness (QED) is 0.143. The highest BCUT2D eigenvalue weighted by Gasteiger charge is 2.23. The lowest BCUT2D eigenvalue weighted by molar-refractivity contribution is -0.252. The Kier molecular flexibility index (Phi) is 17.6. The maximum absolute atomic E-state index is 12.3. The molecule has 2 N–H and O–H groups in total. The molecule has 34 heavy (non-hydrogen) atoms. The fraction of sp³-hybridized carbons (Fsp3) is 1.00. The van der Waals surface area contributed by atoms with Gasteiger partial charge in [0.2, 0.25) is 0 Å². The Balaban J connectivity index is 4.20. The van der Waals surface area contributed by atoms with E-state index in [4.69, 9.17) is 28.0 Å². The number of aliphatic hydroxyl groups is 2. The van der Waals surface area contributed by atoms with Crippen LogP contribution < -0.4 is 0 Å². The van der Waals surface area contributed by atoms with E-state index in [9.17, 15) is 19.3 Å². The second-order valence-electron chi connectivity index (χ2n) is 10.2. The average molecular weight is 535 g/mol. The molecule has 0 rings (SSSR count). The summed E-state index contributed by atoms with van der Waals surface area (Å²) in [5.41, 5.74) is -1.04. The summed E-state index contributed by atoms with van der Waals surface area (Å²) in [6, 6.07) is 0. The van der Waals surface area contributed by atoms with Gasteiger partial charge in [-0.05, 0) is 68.2 Å². The van der Waals surface area contributed by atoms with Crippen molar-refractivity contribution >= 4 is 16.1 Å². The molecule has 0 amide bonds. The Hall–Kier alpha value is 0.140. The van der Waals surface area contributed by atoms with E-state index in [2.05, 4.69) is 0 Å². The highest BCUT2D eigenvalue weighted by molar-refractivity contribution is 7.39. The van der Waals surface area contributed by atoms with E-state index in [1.54, 1.807) is 13.8 Å². The maximum atomic E-state index is 12.3. The Labute approximate surface area is 206 Å². The first-order valence-corrected chi connectivity index (χ1v) is 14.9. The van der Waals surface area contributed by atoms with Crippen LogP contribution in [0.2, 0.25) is 0 Å². The van der Waals surface area contributed by atoms with Gasteiger partial charge in [0.05, 0.1) is 36.6 Å². The summed E-state index contributed by atoms with van der Waals surface area (Å²) >= 11 is 0. The number of hydrogen-bond acceptors (Lipinski definition) is 10. The van der Waals surface area contributed by atoms with E-state index >= 15 is 0 Å². The van der Waals surface area contributed by atoms with Crippen molar-refractivity contribution in [3.63, 3.8) is 0 Å². The Morgan fingerprint density at radius 1 is 0.706 bits per heavy atom. The lowest BCUT2D eigenvalue weighted by Crippen LogP contribution is -2.36. The van der Waals surface area contributed by atoms with E-state index in [-0.39, 0.29) is 32.5 Å². The first kappa shape index (κ1) is 34.1. The Bertz CT molecular complexity index is 575. The van der Waals surface area contributed by atoms with Crippen LogP contribution >= 0.6 is 16.1 Å². The van der Waals surface area contributed by atoms with Gasteiger partial charge in [-0.25, -0.2) is 0 Å². The van der Waals surface area contributed by atoms with Crippen LogP contribution in [0.4, 0.5) is 0 Å². The second-order valence-corrected chi connectivity index (χ2v) is 13.3. The maximum Gasteiger partial charge on any atom is 0.191 e. The van der Waals surface area contributed by atoms with Crippen molar-refractivity contribution < 1.29 is 47.3 Å². The molecule has 10 nitrogen and oxygen atoms in total. The first-order chi connectivity index (χ1) is 15.6. The summed E-state index contributed by atoms with van der Waals surface area (Å²) in [6.45, 7) is 14.7. The van der Waals surface area contributed by atoms with Crippen molar-refractivity contribution in [3.05, 3.63) is 0 Å². The molecule has 0 aromatic carbocycles. The summed E-state index contributed by atoms with van der Waals surface area (Å²) in [6.07, 6.45) is -0.791. The molecule has 0 saturated carbocycles. The smallest absolute Gasteiger partial charge is 0.191 e. The predicted octanol–water partition coefficient (Wildman–Crippen LogP) is 3.83. The molecule has 0 bridgehead atoms. The van der Waals surface area contributed by atoms with Crippen LogP contribution in [0.1, 0.15) is 68.2 Å². The zero-order valence-corrected chi connectivity index (χ0v) is 24.1. The molecular formula is C22H48O10P2. The number of aliphatic hydroxyl groups excluding tert-OH is 2. The minimum Gasteiger partial charge on any atom is -0.391 e. The van der Waals surface area contributed by atoms with E-state index in [1.807, 2.05) is 41.5 Å². The van der Waals surface area contributed by atoms with Crippen LogP contribution in [0, 0.1) is 0 Å². The van der Waals surface area contributed by atoms with Gasteiger partial charge in [-0.3, -0.25) is 9.13 Å². The predicted molar refractivity (Wildman–Crippen MR) is 133 cm³/mol. The van der Waals surface area contributed by atoms with Crippen molar-refractivity contribution in [3.8, 4) is 0 Å². The van der Waals surface area contributed by atoms with Gasteiger partial charge in [0.15, 0.2) is 28.6 Å². The summed E-state index contributed by atoms with van der Waals surface area (Å²) in [7, 11) is -4.52. The monoisotopic (exact) mass is 534 g/mol. The summed E-state index contributed by atoms with van der Waals surface area (Å²) in [5, 5.41) is 19.2. The van der Waals surface area contributed by atoms with E-state index in [1.165, 1.54) is 0 Å². The van der Waals surface area contributed by atoms with Crippen molar-refractivity contribution in [2.75, 3.05) is 38.8 Å². The molecule has 6 unspecified atom stereocenters. The molecule has 0 spiro atoms. The van der Waals surface area contributed by atoms with Crippen LogP contribution in [0.3, 0.4) is 0 Å². The van der Waals surface area contributed by atoms with Gasteiger partial charge in [0.25, 0.3) is 0 Å². The SMILES string of the molecule is CC(O)COC(C)CO[PH](=O)CCCC[PH](=O)OCC(OCC(O)OC(C)(C)C)OC(C)(C)C. The number of hydrogen-bond donors (Lipinski definition) is 2. The third-order valence-corrected chi connectivity index (χ3v) is 6.39. The summed E-state index contributed by atoms with van der Waals surface area (Å²) in [4.78, 5) is 0. The van der Waals surface area contributed by atoms with Gasteiger partial charge in [-0.2, -0.15) is 0 Å². The molecule has 6 atom stereocenters. The van der Waals surface area contributed by atoms with Crippen LogP contribution in [-0.2, 0) is 37.1 Å². The molecule has 0 fully saturated rings. The normalized spacial score (nSPS) is 18.3. The van der Waals surface area contributed by atoms with Crippen molar-refractivity contribution in [1.82, 2.24) is 0 Å². The van der Waals surface area contributed by atoms with Gasteiger partial charge in [-0.15, -0.1) is 0 Å². The van der Waals surface area contributed by atoms with E-state index in [0.717, 1.165) is 0 Å². The van der Waals surface area contributed by atoms with Gasteiger partial charge < -0.3 is 38.2 Å². The average Bonchev–Trinajstić information content (AvgIpc) is 2.67. The number of ether oxygens (including phenoxy) is 4. The fourth-order valence-electron chi connectivity index (χ4n) is 2.55. The van der Waals surface area contributed by atoms with Gasteiger partial charge in [0.1, 0.15) is 13.2 Å². The molecule has 0 aromatic heterocycles. The molecular weight excluding hydrogens is 486 g/mol. The zero-order valence-electron chi connectivity index (χ0n) is 22.1. The van der Waals surface area contributed by atoms with Crippen molar-refractivity contribution in [1.29, 1.82) is 0 Å². The molecule has 206 valence electrons. The Morgan fingerprint density at radius 2 is 1.21 bits per heavy atom. The highest BCUT2D eigenvalue weighted by Crippen LogP contribution is 2.29. The lowest BCUT2D eigenvalue weighted by atomic mass is 10.2. The summed E-state index contributed by atoms with van der Waals surface area (Å²) < 4.78 is 57.2. The molecule has 0 aliphatic rings. The minimum absolute atomic E-state index is 0.0403. The topological polar surface area (TPSA) is 130 Å². The molecule has 0 aliphatic carbocycles. The first-order valence-electron chi connectivity index (χ1n) is 11.8. The van der Waals surface area contributed by atoms with Crippen LogP contribution in [0.15, 0.2) is 0 Å². The fourth-order valence-corrected chi connectivity index (χ4v) is 4.66. The molecule has 0 aromatic rings. The molecule has 0 radical (unpaired) electrons. The highest BCUT2D eigenvalue weighted by atomic mass is 31.1. The molecule has 0 saturated heterocycles. The Morgan fingerprint density at radius 3 is 1.68 bits per heavy atom. The molecule has 0 aliphatic heterocycles. The molecule has 12 heteroatoms. The third kappa shape index (κ3) is 22.6. The van der Waals surface area contributed by atoms with Crippen LogP contribution in [0.25, 0.3) is 0 Å². The van der Waals surface area contributed by atoms with Crippen molar-refractivity contribution in [2.45, 2.75) is 104 Å². The third-order valence-electron chi connectivity index (χ3n) is 3.89.